The van der Waals surface area contributed by atoms with Crippen molar-refractivity contribution in [1.29, 1.82) is 0 Å². The number of rotatable bonds is 4. The smallest absolute Gasteiger partial charge is 0.165 e. The van der Waals surface area contributed by atoms with Crippen molar-refractivity contribution in [3.63, 3.8) is 0 Å². The molecular weight excluding hydrogens is 166 g/mol. The Balaban J connectivity index is 4.02. The van der Waals surface area contributed by atoms with E-state index < -0.39 is 16.6 Å². The van der Waals surface area contributed by atoms with Gasteiger partial charge in [0.05, 0.1) is 15.7 Å². The fraction of sp³-hybridized carbons (Fsp3) is 1.00. The van der Waals surface area contributed by atoms with Crippen LogP contribution in [0.2, 0.25) is 38.1 Å². The lowest BCUT2D eigenvalue weighted by Gasteiger charge is -2.32. The van der Waals surface area contributed by atoms with E-state index in [1.807, 2.05) is 0 Å². The number of hydrogen-bond donors (Lipinski definition) is 0. The van der Waals surface area contributed by atoms with Crippen LogP contribution in [0.1, 0.15) is 0 Å². The lowest BCUT2D eigenvalue weighted by atomic mass is 10.2. The summed E-state index contributed by atoms with van der Waals surface area (Å²) in [5.41, 5.74) is 0. The molecule has 0 aromatic carbocycles. The minimum atomic E-state index is -1.57. The fourth-order valence-electron chi connectivity index (χ4n) is 0.831. The predicted molar refractivity (Wildman–Crippen MR) is 57.2 cm³/mol. The summed E-state index contributed by atoms with van der Waals surface area (Å²) in [6, 6.07) is 0. The molecule has 0 aromatic rings. The zero-order valence-electron chi connectivity index (χ0n) is 7.98. The Hall–Kier alpha value is 0.524. The van der Waals surface area contributed by atoms with E-state index in [0.717, 1.165) is 0 Å². The summed E-state index contributed by atoms with van der Waals surface area (Å²) in [5.74, 6) is 1.37. The standard InChI is InChI=1S/C6H16B2OSi2/c1-10(2,5-7)9-11(3,4)6-8/h5-6H2,1-4H3. The quantitative estimate of drug-likeness (QED) is 0.600. The van der Waals surface area contributed by atoms with Crippen molar-refractivity contribution in [3.05, 3.63) is 0 Å². The van der Waals surface area contributed by atoms with Gasteiger partial charge in [-0.1, -0.05) is 11.9 Å². The van der Waals surface area contributed by atoms with Crippen LogP contribution in [0.15, 0.2) is 0 Å². The van der Waals surface area contributed by atoms with Gasteiger partial charge >= 0.3 is 0 Å². The van der Waals surface area contributed by atoms with Crippen molar-refractivity contribution in [2.45, 2.75) is 38.1 Å². The summed E-state index contributed by atoms with van der Waals surface area (Å²) in [6.07, 6.45) is 0. The molecule has 4 radical (unpaired) electrons. The molecule has 5 heteroatoms. The maximum absolute atomic E-state index is 5.95. The average Bonchev–Trinajstić information content (AvgIpc) is 1.86. The van der Waals surface area contributed by atoms with Gasteiger partial charge < -0.3 is 4.12 Å². The second kappa shape index (κ2) is 3.96. The molecule has 0 saturated heterocycles. The molecule has 0 spiro atoms. The third-order valence-corrected chi connectivity index (χ3v) is 7.92. The lowest BCUT2D eigenvalue weighted by Crippen LogP contribution is -2.44. The van der Waals surface area contributed by atoms with Crippen molar-refractivity contribution >= 4 is 32.3 Å². The molecular formula is C6H16B2OSi2. The SMILES string of the molecule is [B]C[Si](C)(C)O[Si](C)(C)C[B]. The van der Waals surface area contributed by atoms with E-state index in [1.165, 1.54) is 0 Å². The van der Waals surface area contributed by atoms with Crippen LogP contribution >= 0.6 is 0 Å². The first-order valence-corrected chi connectivity index (χ1v) is 10.2. The van der Waals surface area contributed by atoms with Crippen molar-refractivity contribution in [2.24, 2.45) is 0 Å². The third kappa shape index (κ3) is 4.87. The van der Waals surface area contributed by atoms with Gasteiger partial charge in [0.2, 0.25) is 0 Å². The molecule has 0 bridgehead atoms. The van der Waals surface area contributed by atoms with Gasteiger partial charge in [-0.15, -0.1) is 0 Å². The Morgan fingerprint density at radius 1 is 0.909 bits per heavy atom. The van der Waals surface area contributed by atoms with Crippen molar-refractivity contribution in [3.8, 4) is 0 Å². The molecule has 0 atom stereocenters. The van der Waals surface area contributed by atoms with Gasteiger partial charge in [-0.25, -0.2) is 0 Å². The van der Waals surface area contributed by atoms with Crippen molar-refractivity contribution in [1.82, 2.24) is 0 Å². The van der Waals surface area contributed by atoms with Crippen molar-refractivity contribution < 1.29 is 4.12 Å². The molecule has 0 amide bonds. The highest BCUT2D eigenvalue weighted by Gasteiger charge is 2.29. The van der Waals surface area contributed by atoms with Gasteiger partial charge in [-0.2, -0.15) is 0 Å². The highest BCUT2D eigenvalue weighted by Crippen LogP contribution is 2.18. The minimum Gasteiger partial charge on any atom is -0.457 e. The molecule has 0 N–H and O–H groups in total. The third-order valence-electron chi connectivity index (χ3n) is 1.54. The van der Waals surface area contributed by atoms with Crippen LogP contribution in [0.25, 0.3) is 0 Å². The van der Waals surface area contributed by atoms with Gasteiger partial charge in [-0.05, 0) is 26.2 Å². The molecule has 0 saturated carbocycles. The molecule has 0 aromatic heterocycles. The molecule has 11 heavy (non-hydrogen) atoms. The van der Waals surface area contributed by atoms with E-state index in [0.29, 0.717) is 11.9 Å². The molecule has 0 fully saturated rings. The van der Waals surface area contributed by atoms with Crippen LogP contribution < -0.4 is 0 Å². The second-order valence-electron chi connectivity index (χ2n) is 4.03. The predicted octanol–water partition coefficient (Wildman–Crippen LogP) is 1.67. The zero-order chi connectivity index (χ0) is 9.12. The topological polar surface area (TPSA) is 9.23 Å². The van der Waals surface area contributed by atoms with Gasteiger partial charge in [0, 0.05) is 0 Å². The Morgan fingerprint density at radius 3 is 1.36 bits per heavy atom. The first kappa shape index (κ1) is 11.5. The monoisotopic (exact) mass is 182 g/mol. The van der Waals surface area contributed by atoms with E-state index >= 15 is 0 Å². The van der Waals surface area contributed by atoms with Gasteiger partial charge in [0.1, 0.15) is 0 Å². The summed E-state index contributed by atoms with van der Waals surface area (Å²) in [4.78, 5) is 0. The molecule has 0 rings (SSSR count). The molecule has 0 heterocycles. The molecule has 0 aliphatic heterocycles. The Labute approximate surface area is 75.0 Å². The van der Waals surface area contributed by atoms with E-state index in [-0.39, 0.29) is 0 Å². The van der Waals surface area contributed by atoms with Gasteiger partial charge in [0.15, 0.2) is 16.6 Å². The van der Waals surface area contributed by atoms with E-state index in [2.05, 4.69) is 26.2 Å². The number of hydrogen-bond acceptors (Lipinski definition) is 1. The van der Waals surface area contributed by atoms with Gasteiger partial charge in [-0.3, -0.25) is 0 Å². The van der Waals surface area contributed by atoms with Crippen LogP contribution in [0.3, 0.4) is 0 Å². The van der Waals surface area contributed by atoms with Crippen LogP contribution in [0.4, 0.5) is 0 Å². The summed E-state index contributed by atoms with van der Waals surface area (Å²) in [6.45, 7) is 8.55. The maximum Gasteiger partial charge on any atom is 0.165 e. The Kier molecular flexibility index (Phi) is 4.15. The van der Waals surface area contributed by atoms with Crippen LogP contribution in [0.5, 0.6) is 0 Å². The lowest BCUT2D eigenvalue weighted by molar-refractivity contribution is 0.554. The van der Waals surface area contributed by atoms with E-state index in [1.54, 1.807) is 0 Å². The first-order chi connectivity index (χ1) is 4.83. The minimum absolute atomic E-state index is 0.684. The van der Waals surface area contributed by atoms with Crippen LogP contribution in [-0.4, -0.2) is 32.3 Å². The molecule has 0 unspecified atom stereocenters. The second-order valence-corrected chi connectivity index (χ2v) is 12.7. The van der Waals surface area contributed by atoms with Crippen LogP contribution in [0, 0.1) is 0 Å². The summed E-state index contributed by atoms with van der Waals surface area (Å²) < 4.78 is 5.95. The molecule has 1 nitrogen and oxygen atoms in total. The van der Waals surface area contributed by atoms with E-state index in [4.69, 9.17) is 19.8 Å². The first-order valence-electron chi connectivity index (χ1n) is 3.93. The van der Waals surface area contributed by atoms with Crippen LogP contribution in [-0.2, 0) is 4.12 Å². The van der Waals surface area contributed by atoms with E-state index in [9.17, 15) is 0 Å². The fourth-order valence-corrected chi connectivity index (χ4v) is 7.48. The molecule has 0 aliphatic carbocycles. The normalized spacial score (nSPS) is 13.5. The highest BCUT2D eigenvalue weighted by atomic mass is 28.4. The maximum atomic E-state index is 5.95. The summed E-state index contributed by atoms with van der Waals surface area (Å²) in [5, 5.41) is 0. The van der Waals surface area contributed by atoms with Crippen molar-refractivity contribution in [2.75, 3.05) is 0 Å². The average molecular weight is 182 g/mol. The van der Waals surface area contributed by atoms with Gasteiger partial charge in [0.25, 0.3) is 0 Å². The highest BCUT2D eigenvalue weighted by molar-refractivity contribution is 6.88. The zero-order valence-corrected chi connectivity index (χ0v) is 9.98. The summed E-state index contributed by atoms with van der Waals surface area (Å²) >= 11 is 0. The Morgan fingerprint density at radius 2 is 1.18 bits per heavy atom. The molecule has 60 valence electrons. The largest absolute Gasteiger partial charge is 0.457 e. The molecule has 0 aliphatic rings. The summed E-state index contributed by atoms with van der Waals surface area (Å²) in [7, 11) is 8.02. The Bertz CT molecular complexity index is 114.